The lowest BCUT2D eigenvalue weighted by Gasteiger charge is -2.58. The van der Waals surface area contributed by atoms with Gasteiger partial charge in [-0.15, -0.1) is 0 Å². The van der Waals surface area contributed by atoms with E-state index in [9.17, 15) is 31.0 Å². The molecule has 0 aliphatic heterocycles. The van der Waals surface area contributed by atoms with Gasteiger partial charge in [0.05, 0.1) is 11.5 Å². The zero-order valence-electron chi connectivity index (χ0n) is 26.6. The van der Waals surface area contributed by atoms with Crippen molar-refractivity contribution >= 4 is 54.0 Å². The van der Waals surface area contributed by atoms with E-state index in [2.05, 4.69) is 13.8 Å². The number of thioether (sulfide) groups is 2. The van der Waals surface area contributed by atoms with Gasteiger partial charge in [-0.2, -0.15) is 16.8 Å². The van der Waals surface area contributed by atoms with Crippen molar-refractivity contribution in [3.8, 4) is 0 Å². The van der Waals surface area contributed by atoms with Crippen LogP contribution in [0.2, 0.25) is 0 Å². The van der Waals surface area contributed by atoms with Crippen LogP contribution in [0.1, 0.15) is 117 Å². The number of hydrogen-bond donors (Lipinski definition) is 2. The average Bonchev–Trinajstić information content (AvgIpc) is 2.91. The molecule has 12 heteroatoms. The van der Waals surface area contributed by atoms with E-state index in [0.29, 0.717) is 42.3 Å². The molecule has 8 nitrogen and oxygen atoms in total. The molecule has 4 aliphatic rings. The summed E-state index contributed by atoms with van der Waals surface area (Å²) < 4.78 is 63.0. The molecule has 2 N–H and O–H groups in total. The molecule has 0 radical (unpaired) electrons. The Balaban J connectivity index is 1.48. The molecular formula is C32H54O8S4. The fourth-order valence-corrected chi connectivity index (χ4v) is 13.5. The number of carbonyl (C=O) groups excluding carboxylic acids is 2. The van der Waals surface area contributed by atoms with Crippen LogP contribution in [0.4, 0.5) is 0 Å². The lowest BCUT2D eigenvalue weighted by atomic mass is 9.47. The van der Waals surface area contributed by atoms with Crippen molar-refractivity contribution in [2.75, 3.05) is 23.0 Å². The Morgan fingerprint density at radius 3 is 2.16 bits per heavy atom. The van der Waals surface area contributed by atoms with Gasteiger partial charge < -0.3 is 0 Å². The molecule has 2 bridgehead atoms. The predicted octanol–water partition coefficient (Wildman–Crippen LogP) is 7.29. The van der Waals surface area contributed by atoms with Crippen LogP contribution in [0.5, 0.6) is 0 Å². The van der Waals surface area contributed by atoms with Crippen LogP contribution >= 0.6 is 23.5 Å². The molecule has 254 valence electrons. The van der Waals surface area contributed by atoms with E-state index < -0.39 is 31.4 Å². The number of hydrogen-bond acceptors (Lipinski definition) is 8. The number of unbranched alkanes of at least 4 members (excludes halogenated alkanes) is 1. The third kappa shape index (κ3) is 10.2. The van der Waals surface area contributed by atoms with Gasteiger partial charge in [-0.1, -0.05) is 63.1 Å². The predicted molar refractivity (Wildman–Crippen MR) is 179 cm³/mol. The molecule has 0 aromatic rings. The second-order valence-electron chi connectivity index (χ2n) is 15.0. The van der Waals surface area contributed by atoms with Crippen molar-refractivity contribution in [2.24, 2.45) is 46.3 Å². The van der Waals surface area contributed by atoms with Crippen LogP contribution in [0, 0.1) is 46.3 Å². The minimum absolute atomic E-state index is 0.0763. The average molecular weight is 695 g/mol. The first kappa shape index (κ1) is 36.7. The molecule has 0 spiro atoms. The summed E-state index contributed by atoms with van der Waals surface area (Å²) in [5, 5.41) is 0.318. The second kappa shape index (κ2) is 15.4. The number of rotatable bonds is 13. The van der Waals surface area contributed by atoms with Gasteiger partial charge in [0.2, 0.25) is 0 Å². The zero-order valence-corrected chi connectivity index (χ0v) is 29.8. The van der Waals surface area contributed by atoms with Crippen LogP contribution < -0.4 is 0 Å². The van der Waals surface area contributed by atoms with E-state index in [4.69, 9.17) is 4.55 Å². The van der Waals surface area contributed by atoms with Gasteiger partial charge in [0.1, 0.15) is 0 Å². The summed E-state index contributed by atoms with van der Waals surface area (Å²) in [4.78, 5) is 27.5. The van der Waals surface area contributed by atoms with E-state index in [0.717, 1.165) is 95.2 Å². The molecule has 0 aromatic heterocycles. The van der Waals surface area contributed by atoms with Crippen molar-refractivity contribution in [1.29, 1.82) is 0 Å². The quantitative estimate of drug-likeness (QED) is 0.149. The smallest absolute Gasteiger partial charge is 0.265 e. The fourth-order valence-electron chi connectivity index (χ4n) is 9.95. The highest BCUT2D eigenvalue weighted by Crippen LogP contribution is 2.64. The normalized spacial score (nSPS) is 34.4. The van der Waals surface area contributed by atoms with Crippen LogP contribution in [-0.4, -0.2) is 59.2 Å². The van der Waals surface area contributed by atoms with Crippen molar-refractivity contribution < 1.29 is 35.5 Å². The Labute approximate surface area is 274 Å². The molecule has 0 saturated heterocycles. The summed E-state index contributed by atoms with van der Waals surface area (Å²) in [5.41, 5.74) is -0.346. The monoisotopic (exact) mass is 694 g/mol. The Morgan fingerprint density at radius 1 is 0.795 bits per heavy atom. The Hall–Kier alpha value is -0.140. The summed E-state index contributed by atoms with van der Waals surface area (Å²) in [7, 11) is -8.08. The molecule has 44 heavy (non-hydrogen) atoms. The summed E-state index contributed by atoms with van der Waals surface area (Å²) >= 11 is 2.43. The highest BCUT2D eigenvalue weighted by molar-refractivity contribution is 8.14. The van der Waals surface area contributed by atoms with Crippen LogP contribution in [0.3, 0.4) is 0 Å². The highest BCUT2D eigenvalue weighted by Gasteiger charge is 2.56. The molecule has 0 aromatic carbocycles. The molecule has 0 heterocycles. The first-order valence-electron chi connectivity index (χ1n) is 16.8. The highest BCUT2D eigenvalue weighted by atomic mass is 32.2. The van der Waals surface area contributed by atoms with Crippen LogP contribution in [-0.2, 0) is 29.8 Å². The topological polar surface area (TPSA) is 143 Å². The standard InChI is InChI=1S/C32H54O8S4/c1-23-17-24-20-31(2,30(34)42-13-6-7-15-43(35,36)37)22-32(19-23,21-24)27-12-8-11-26(18-27)28(25-9-4-3-5-10-25)29(33)41-14-16-44(38,39)40/h23-28H,3-22H2,1-2H3,(H,35,36,37)(H,38,39,40). The molecule has 0 amide bonds. The van der Waals surface area contributed by atoms with E-state index in [1.54, 1.807) is 0 Å². The molecular weight excluding hydrogens is 641 g/mol. The molecule has 7 atom stereocenters. The fraction of sp³-hybridized carbons (Fsp3) is 0.938. The third-order valence-corrected chi connectivity index (χ3v) is 15.3. The summed E-state index contributed by atoms with van der Waals surface area (Å²) in [5.74, 6) is 2.09. The second-order valence-corrected chi connectivity index (χ2v) is 20.4. The number of carbonyl (C=O) groups is 2. The number of fused-ring (bicyclic) bond motifs is 2. The lowest BCUT2D eigenvalue weighted by Crippen LogP contribution is -2.51. The maximum absolute atomic E-state index is 13.8. The largest absolute Gasteiger partial charge is 0.287 e. The minimum atomic E-state index is -4.10. The zero-order chi connectivity index (χ0) is 32.2. The van der Waals surface area contributed by atoms with Crippen molar-refractivity contribution in [3.63, 3.8) is 0 Å². The Morgan fingerprint density at radius 2 is 1.48 bits per heavy atom. The van der Waals surface area contributed by atoms with Gasteiger partial charge in [-0.05, 0) is 112 Å². The van der Waals surface area contributed by atoms with Gasteiger partial charge in [-0.25, -0.2) is 0 Å². The maximum Gasteiger partial charge on any atom is 0.265 e. The van der Waals surface area contributed by atoms with Gasteiger partial charge in [0, 0.05) is 22.8 Å². The maximum atomic E-state index is 13.8. The van der Waals surface area contributed by atoms with E-state index in [1.807, 2.05) is 0 Å². The van der Waals surface area contributed by atoms with E-state index in [1.165, 1.54) is 18.2 Å². The van der Waals surface area contributed by atoms with Gasteiger partial charge in [0.25, 0.3) is 20.2 Å². The SMILES string of the molecule is CC1CC2CC(C)(C(=O)SCCCCS(=O)(=O)O)CC(C3CCCC(C(C(=O)SCCS(=O)(=O)O)C4CCCCC4)C3)(C1)C2. The Bertz CT molecular complexity index is 1210. The molecule has 4 rings (SSSR count). The molecule has 4 aliphatic carbocycles. The van der Waals surface area contributed by atoms with Crippen molar-refractivity contribution in [2.45, 2.75) is 117 Å². The molecule has 7 unspecified atom stereocenters. The first-order chi connectivity index (χ1) is 20.6. The summed E-state index contributed by atoms with van der Waals surface area (Å²) in [6, 6.07) is 0. The first-order valence-corrected chi connectivity index (χ1v) is 22.0. The van der Waals surface area contributed by atoms with E-state index >= 15 is 0 Å². The van der Waals surface area contributed by atoms with Gasteiger partial charge in [0.15, 0.2) is 10.2 Å². The van der Waals surface area contributed by atoms with Gasteiger partial charge in [-0.3, -0.25) is 18.7 Å². The van der Waals surface area contributed by atoms with Crippen molar-refractivity contribution in [1.82, 2.24) is 0 Å². The van der Waals surface area contributed by atoms with Crippen molar-refractivity contribution in [3.05, 3.63) is 0 Å². The van der Waals surface area contributed by atoms with Crippen LogP contribution in [0.25, 0.3) is 0 Å². The minimum Gasteiger partial charge on any atom is -0.287 e. The van der Waals surface area contributed by atoms with E-state index in [-0.39, 0.29) is 39.0 Å². The lowest BCUT2D eigenvalue weighted by molar-refractivity contribution is -0.134. The summed E-state index contributed by atoms with van der Waals surface area (Å²) in [6.07, 6.45) is 15.9. The van der Waals surface area contributed by atoms with Crippen LogP contribution in [0.15, 0.2) is 0 Å². The third-order valence-electron chi connectivity index (χ3n) is 11.3. The molecule has 4 fully saturated rings. The summed E-state index contributed by atoms with van der Waals surface area (Å²) in [6.45, 7) is 4.51. The Kier molecular flexibility index (Phi) is 12.8. The van der Waals surface area contributed by atoms with Gasteiger partial charge >= 0.3 is 0 Å². The molecule has 4 saturated carbocycles.